The van der Waals surface area contributed by atoms with Crippen molar-refractivity contribution in [3.63, 3.8) is 0 Å². The first-order valence-corrected chi connectivity index (χ1v) is 9.10. The molecule has 2 aromatic rings. The van der Waals surface area contributed by atoms with Gasteiger partial charge >= 0.3 is 0 Å². The maximum absolute atomic E-state index is 14.1. The lowest BCUT2D eigenvalue weighted by atomic mass is 10.1. The van der Waals surface area contributed by atoms with Crippen LogP contribution in [0.3, 0.4) is 0 Å². The fourth-order valence-corrected chi connectivity index (χ4v) is 4.52. The average molecular weight is 369 g/mol. The Balaban J connectivity index is 2.01. The smallest absolute Gasteiger partial charge is 0.229 e. The maximum Gasteiger partial charge on any atom is 0.229 e. The van der Waals surface area contributed by atoms with Crippen LogP contribution < -0.4 is 10.7 Å². The summed E-state index contributed by atoms with van der Waals surface area (Å²) in [6.45, 7) is 4.40. The molecule has 1 aliphatic heterocycles. The van der Waals surface area contributed by atoms with Gasteiger partial charge < -0.3 is 5.73 Å². The van der Waals surface area contributed by atoms with E-state index in [9.17, 15) is 8.78 Å². The van der Waals surface area contributed by atoms with Crippen LogP contribution in [-0.2, 0) is 0 Å². The van der Waals surface area contributed by atoms with Crippen LogP contribution in [0.15, 0.2) is 23.3 Å². The number of benzene rings is 1. The van der Waals surface area contributed by atoms with Gasteiger partial charge in [0.1, 0.15) is 26.6 Å². The number of nitrogens with zero attached hydrogens (tertiary/aromatic N) is 4. The van der Waals surface area contributed by atoms with Crippen molar-refractivity contribution < 1.29 is 8.78 Å². The first kappa shape index (κ1) is 17.2. The first-order valence-electron chi connectivity index (χ1n) is 7.46. The zero-order valence-electron chi connectivity index (χ0n) is 13.3. The molecule has 0 fully saturated rings. The average Bonchev–Trinajstić information content (AvgIpc) is 3.11. The molecule has 0 radical (unpaired) electrons. The minimum Gasteiger partial charge on any atom is -0.330 e. The summed E-state index contributed by atoms with van der Waals surface area (Å²) in [6, 6.07) is 3.38. The number of halogens is 2. The highest BCUT2D eigenvalue weighted by Gasteiger charge is 2.42. The molecule has 1 aromatic carbocycles. The highest BCUT2D eigenvalue weighted by molar-refractivity contribution is 8.16. The minimum atomic E-state index is -0.501. The molecule has 0 saturated heterocycles. The Labute approximate surface area is 147 Å². The Morgan fingerprint density at radius 3 is 2.75 bits per heavy atom. The molecule has 0 bridgehead atoms. The molecule has 1 aromatic heterocycles. The van der Waals surface area contributed by atoms with Crippen LogP contribution in [0.5, 0.6) is 0 Å². The molecule has 9 heteroatoms. The van der Waals surface area contributed by atoms with Crippen LogP contribution in [0.1, 0.15) is 30.3 Å². The van der Waals surface area contributed by atoms with Crippen LogP contribution in [0, 0.1) is 18.6 Å². The summed E-state index contributed by atoms with van der Waals surface area (Å²) in [5, 5.41) is 16.3. The molecule has 1 aliphatic rings. The lowest BCUT2D eigenvalue weighted by Crippen LogP contribution is -2.37. The number of hydrazone groups is 1. The number of aromatic nitrogens is 2. The fraction of sp³-hybridized carbons (Fsp3) is 0.400. The number of thioether (sulfide) groups is 1. The molecule has 0 spiro atoms. The zero-order valence-corrected chi connectivity index (χ0v) is 14.9. The lowest BCUT2D eigenvalue weighted by Gasteiger charge is -2.30. The van der Waals surface area contributed by atoms with Gasteiger partial charge in [-0.2, -0.15) is 5.10 Å². The topological polar surface area (TPSA) is 67.4 Å². The predicted octanol–water partition coefficient (Wildman–Crippen LogP) is 3.49. The fourth-order valence-electron chi connectivity index (χ4n) is 2.44. The Morgan fingerprint density at radius 2 is 2.08 bits per heavy atom. The summed E-state index contributed by atoms with van der Waals surface area (Å²) >= 11 is 2.80. The van der Waals surface area contributed by atoms with E-state index in [-0.39, 0.29) is 5.56 Å². The molecule has 0 saturated carbocycles. The Bertz CT molecular complexity index is 779. The van der Waals surface area contributed by atoms with E-state index in [1.807, 2.05) is 13.8 Å². The van der Waals surface area contributed by atoms with Gasteiger partial charge in [0, 0.05) is 5.56 Å². The van der Waals surface area contributed by atoms with E-state index in [4.69, 9.17) is 5.73 Å². The third-order valence-electron chi connectivity index (χ3n) is 3.66. The van der Waals surface area contributed by atoms with E-state index in [2.05, 4.69) is 15.3 Å². The van der Waals surface area contributed by atoms with Crippen molar-refractivity contribution in [3.8, 4) is 0 Å². The molecule has 5 nitrogen and oxygen atoms in total. The number of nitrogens with two attached hydrogens (primary N) is 1. The van der Waals surface area contributed by atoms with Crippen LogP contribution in [0.25, 0.3) is 0 Å². The second kappa shape index (κ2) is 6.73. The highest BCUT2D eigenvalue weighted by Crippen LogP contribution is 2.45. The van der Waals surface area contributed by atoms with E-state index in [0.717, 1.165) is 30.0 Å². The number of aryl methyl sites for hydroxylation is 1. The molecule has 2 N–H and O–H groups in total. The van der Waals surface area contributed by atoms with E-state index >= 15 is 0 Å². The Morgan fingerprint density at radius 1 is 1.29 bits per heavy atom. The van der Waals surface area contributed by atoms with Crippen LogP contribution in [-0.4, -0.2) is 26.7 Å². The van der Waals surface area contributed by atoms with Crippen molar-refractivity contribution in [2.75, 3.05) is 11.6 Å². The van der Waals surface area contributed by atoms with E-state index in [1.165, 1.54) is 29.2 Å². The summed E-state index contributed by atoms with van der Waals surface area (Å²) in [5.74, 6) is -0.998. The first-order chi connectivity index (χ1) is 11.4. The lowest BCUT2D eigenvalue weighted by molar-refractivity contribution is 0.542. The van der Waals surface area contributed by atoms with Crippen molar-refractivity contribution in [2.24, 2.45) is 10.8 Å². The van der Waals surface area contributed by atoms with Gasteiger partial charge in [0.05, 0.1) is 0 Å². The van der Waals surface area contributed by atoms with Gasteiger partial charge in [0.15, 0.2) is 0 Å². The second-order valence-corrected chi connectivity index (χ2v) is 8.24. The molecular weight excluding hydrogens is 352 g/mol. The molecule has 1 atom stereocenters. The highest BCUT2D eigenvalue weighted by atomic mass is 32.2. The number of hydrogen-bond acceptors (Lipinski definition) is 7. The van der Waals surface area contributed by atoms with Crippen molar-refractivity contribution in [3.05, 3.63) is 40.4 Å². The third-order valence-corrected chi connectivity index (χ3v) is 5.78. The molecular formula is C15H17F2N5S2. The summed E-state index contributed by atoms with van der Waals surface area (Å²) in [5.41, 5.74) is 5.80. The van der Waals surface area contributed by atoms with Crippen LogP contribution in [0.2, 0.25) is 0 Å². The summed E-state index contributed by atoms with van der Waals surface area (Å²) < 4.78 is 27.7. The Hall–Kier alpha value is -1.58. The zero-order chi connectivity index (χ0) is 17.3. The molecule has 0 amide bonds. The van der Waals surface area contributed by atoms with Crippen LogP contribution >= 0.6 is 23.1 Å². The van der Waals surface area contributed by atoms with Gasteiger partial charge in [-0.25, -0.2) is 13.8 Å². The van der Waals surface area contributed by atoms with E-state index in [1.54, 1.807) is 5.01 Å². The molecule has 2 heterocycles. The van der Waals surface area contributed by atoms with Crippen molar-refractivity contribution in [2.45, 2.75) is 31.6 Å². The minimum absolute atomic E-state index is 0.155. The summed E-state index contributed by atoms with van der Waals surface area (Å²) in [6.07, 6.45) is 1.52. The van der Waals surface area contributed by atoms with Crippen molar-refractivity contribution >= 4 is 33.3 Å². The van der Waals surface area contributed by atoms with E-state index < -0.39 is 16.5 Å². The molecule has 0 aliphatic carbocycles. The van der Waals surface area contributed by atoms with Crippen LogP contribution in [0.4, 0.5) is 13.9 Å². The quantitative estimate of drug-likeness (QED) is 0.874. The summed E-state index contributed by atoms with van der Waals surface area (Å²) in [7, 11) is 0. The monoisotopic (exact) mass is 369 g/mol. The molecule has 1 unspecified atom stereocenters. The largest absolute Gasteiger partial charge is 0.330 e. The van der Waals surface area contributed by atoms with Gasteiger partial charge in [-0.15, -0.1) is 10.2 Å². The molecule has 24 heavy (non-hydrogen) atoms. The number of anilines is 1. The van der Waals surface area contributed by atoms with E-state index in [0.29, 0.717) is 16.7 Å². The standard InChI is InChI=1S/C15H17F2N5S2/c1-9-19-20-14(23-9)22-15(2,6-3-7-18)24-13(21-22)11-8-10(16)4-5-12(11)17/h4-5,8H,3,6-7,18H2,1-2H3. The van der Waals surface area contributed by atoms with Gasteiger partial charge in [-0.05, 0) is 51.4 Å². The normalized spacial score (nSPS) is 20.5. The second-order valence-electron chi connectivity index (χ2n) is 5.61. The van der Waals surface area contributed by atoms with Crippen molar-refractivity contribution in [1.82, 2.24) is 10.2 Å². The van der Waals surface area contributed by atoms with Gasteiger partial charge in [0.2, 0.25) is 5.13 Å². The number of hydrogen-bond donors (Lipinski definition) is 1. The third kappa shape index (κ3) is 3.28. The summed E-state index contributed by atoms with van der Waals surface area (Å²) in [4.78, 5) is -0.473. The molecule has 128 valence electrons. The predicted molar refractivity (Wildman–Crippen MR) is 94.3 cm³/mol. The number of rotatable bonds is 5. The maximum atomic E-state index is 14.1. The Kier molecular flexibility index (Phi) is 4.84. The van der Waals surface area contributed by atoms with Gasteiger partial charge in [-0.1, -0.05) is 23.1 Å². The van der Waals surface area contributed by atoms with Gasteiger partial charge in [-0.3, -0.25) is 0 Å². The van der Waals surface area contributed by atoms with Gasteiger partial charge in [0.25, 0.3) is 0 Å². The SMILES string of the molecule is Cc1nnc(N2N=C(c3cc(F)ccc3F)SC2(C)CCCN)s1. The molecule has 3 rings (SSSR count). The van der Waals surface area contributed by atoms with Crippen molar-refractivity contribution in [1.29, 1.82) is 0 Å².